The Morgan fingerprint density at radius 2 is 1.83 bits per heavy atom. The summed E-state index contributed by atoms with van der Waals surface area (Å²) in [6.07, 6.45) is 7.09. The Balaban J connectivity index is 1.31. The molecule has 6 rings (SSSR count). The molecule has 2 aromatic carbocycles. The predicted octanol–water partition coefficient (Wildman–Crippen LogP) is 6.72. The van der Waals surface area contributed by atoms with Crippen molar-refractivity contribution < 1.29 is 9.23 Å². The van der Waals surface area contributed by atoms with E-state index in [4.69, 9.17) is 9.94 Å². The second-order valence-corrected chi connectivity index (χ2v) is 11.8. The van der Waals surface area contributed by atoms with Crippen molar-refractivity contribution in [2.75, 3.05) is 0 Å². The van der Waals surface area contributed by atoms with Crippen LogP contribution in [0.4, 0.5) is 4.39 Å². The molecule has 0 saturated heterocycles. The minimum absolute atomic E-state index is 0.232. The number of benzene rings is 2. The van der Waals surface area contributed by atoms with Gasteiger partial charge in [-0.3, -0.25) is 4.84 Å². The fourth-order valence-electron chi connectivity index (χ4n) is 7.46. The molecule has 35 heavy (non-hydrogen) atoms. The Hall–Kier alpha value is -2.50. The smallest absolute Gasteiger partial charge is 0.123 e. The van der Waals surface area contributed by atoms with Crippen molar-refractivity contribution >= 4 is 0 Å². The largest absolute Gasteiger partial charge is 0.295 e. The second-order valence-electron chi connectivity index (χ2n) is 11.8. The first-order chi connectivity index (χ1) is 16.9. The maximum atomic E-state index is 13.7. The van der Waals surface area contributed by atoms with Gasteiger partial charge < -0.3 is 0 Å². The van der Waals surface area contributed by atoms with Crippen molar-refractivity contribution in [3.8, 4) is 5.69 Å². The van der Waals surface area contributed by atoms with Crippen molar-refractivity contribution in [2.24, 2.45) is 16.7 Å². The normalized spacial score (nSPS) is 28.9. The van der Waals surface area contributed by atoms with E-state index in [-0.39, 0.29) is 17.2 Å². The molecule has 0 aliphatic heterocycles. The third-order valence-corrected chi connectivity index (χ3v) is 9.31. The molecule has 2 fully saturated rings. The van der Waals surface area contributed by atoms with E-state index < -0.39 is 0 Å². The van der Waals surface area contributed by atoms with E-state index in [9.17, 15) is 4.39 Å². The van der Waals surface area contributed by atoms with Gasteiger partial charge in [-0.15, -0.1) is 0 Å². The molecular formula is C30H36FN3O. The van der Waals surface area contributed by atoms with Crippen LogP contribution < -0.4 is 5.48 Å². The minimum Gasteiger partial charge on any atom is -0.295 e. The van der Waals surface area contributed by atoms with E-state index in [0.717, 1.165) is 36.6 Å². The maximum absolute atomic E-state index is 13.7. The van der Waals surface area contributed by atoms with E-state index in [2.05, 4.69) is 56.6 Å². The van der Waals surface area contributed by atoms with Crippen molar-refractivity contribution in [3.05, 3.63) is 82.9 Å². The second kappa shape index (κ2) is 8.56. The Bertz CT molecular complexity index is 1200. The monoisotopic (exact) mass is 473 g/mol. The van der Waals surface area contributed by atoms with Gasteiger partial charge in [-0.1, -0.05) is 51.1 Å². The number of rotatable bonds is 6. The zero-order chi connectivity index (χ0) is 24.2. The molecule has 1 heterocycles. The number of hydroxylamine groups is 1. The van der Waals surface area contributed by atoms with Gasteiger partial charge in [0, 0.05) is 17.5 Å². The van der Waals surface area contributed by atoms with Crippen LogP contribution >= 0.6 is 0 Å². The highest BCUT2D eigenvalue weighted by Gasteiger charge is 2.59. The van der Waals surface area contributed by atoms with Crippen LogP contribution in [0.15, 0.2) is 54.6 Å². The third-order valence-electron chi connectivity index (χ3n) is 9.31. The Labute approximate surface area is 207 Å². The molecule has 0 spiro atoms. The lowest BCUT2D eigenvalue weighted by molar-refractivity contribution is -0.0618. The van der Waals surface area contributed by atoms with E-state index in [0.29, 0.717) is 18.1 Å². The number of fused-ring (bicyclic) bond motifs is 3. The Kier molecular flexibility index (Phi) is 5.61. The molecule has 5 heteroatoms. The highest BCUT2D eigenvalue weighted by Crippen LogP contribution is 2.62. The molecular weight excluding hydrogens is 437 g/mol. The van der Waals surface area contributed by atoms with Gasteiger partial charge in [0.1, 0.15) is 12.4 Å². The van der Waals surface area contributed by atoms with Crippen LogP contribution in [-0.4, -0.2) is 15.8 Å². The average Bonchev–Trinajstić information content (AvgIpc) is 3.49. The summed E-state index contributed by atoms with van der Waals surface area (Å²) in [6.45, 7) is 7.63. The number of nitrogens with zero attached hydrogens (tertiary/aromatic N) is 2. The molecule has 3 aromatic rings. The number of nitrogens with one attached hydrogen (secondary N) is 1. The van der Waals surface area contributed by atoms with Gasteiger partial charge in [0.05, 0.1) is 17.1 Å². The summed E-state index contributed by atoms with van der Waals surface area (Å²) in [5.74, 6) is 0.803. The molecule has 184 valence electrons. The summed E-state index contributed by atoms with van der Waals surface area (Å²) < 4.78 is 15.7. The lowest BCUT2D eigenvalue weighted by Crippen LogP contribution is -2.50. The minimum atomic E-state index is -0.232. The van der Waals surface area contributed by atoms with Gasteiger partial charge in [-0.05, 0) is 85.1 Å². The number of hydrogen-bond acceptors (Lipinski definition) is 3. The Morgan fingerprint density at radius 1 is 1.06 bits per heavy atom. The summed E-state index contributed by atoms with van der Waals surface area (Å²) in [5, 5.41) is 5.06. The fourth-order valence-corrected chi connectivity index (χ4v) is 7.46. The van der Waals surface area contributed by atoms with Gasteiger partial charge in [-0.2, -0.15) is 10.6 Å². The zero-order valence-corrected chi connectivity index (χ0v) is 21.1. The topological polar surface area (TPSA) is 39.1 Å². The molecule has 2 saturated carbocycles. The summed E-state index contributed by atoms with van der Waals surface area (Å²) >= 11 is 0. The van der Waals surface area contributed by atoms with E-state index in [1.165, 1.54) is 48.2 Å². The molecule has 4 atom stereocenters. The quantitative estimate of drug-likeness (QED) is 0.404. The molecule has 4 nitrogen and oxygen atoms in total. The first kappa shape index (κ1) is 22.9. The van der Waals surface area contributed by atoms with Gasteiger partial charge in [0.25, 0.3) is 0 Å². The van der Waals surface area contributed by atoms with Gasteiger partial charge in [0.15, 0.2) is 0 Å². The number of aromatic nitrogens is 2. The van der Waals surface area contributed by atoms with Crippen LogP contribution in [0.5, 0.6) is 0 Å². The molecule has 0 amide bonds. The van der Waals surface area contributed by atoms with E-state index in [1.54, 1.807) is 0 Å². The van der Waals surface area contributed by atoms with Crippen LogP contribution in [-0.2, 0) is 17.9 Å². The first-order valence-corrected chi connectivity index (χ1v) is 13.2. The van der Waals surface area contributed by atoms with Crippen LogP contribution in [0.1, 0.15) is 81.3 Å². The molecule has 1 N–H and O–H groups in total. The molecule has 2 bridgehead atoms. The summed E-state index contributed by atoms with van der Waals surface area (Å²) in [5.41, 5.74) is 9.74. The summed E-state index contributed by atoms with van der Waals surface area (Å²) in [6, 6.07) is 17.7. The van der Waals surface area contributed by atoms with E-state index >= 15 is 0 Å². The number of halogens is 1. The van der Waals surface area contributed by atoms with Crippen molar-refractivity contribution in [3.63, 3.8) is 0 Å². The third kappa shape index (κ3) is 3.84. The molecule has 3 aliphatic rings. The predicted molar refractivity (Wildman–Crippen MR) is 136 cm³/mol. The molecule has 0 radical (unpaired) electrons. The van der Waals surface area contributed by atoms with Crippen molar-refractivity contribution in [2.45, 2.75) is 77.9 Å². The van der Waals surface area contributed by atoms with Gasteiger partial charge in [-0.25, -0.2) is 9.07 Å². The molecule has 1 aromatic heterocycles. The Morgan fingerprint density at radius 3 is 2.54 bits per heavy atom. The highest BCUT2D eigenvalue weighted by atomic mass is 19.1. The first-order valence-electron chi connectivity index (χ1n) is 13.2. The van der Waals surface area contributed by atoms with E-state index in [1.807, 2.05) is 16.8 Å². The summed E-state index contributed by atoms with van der Waals surface area (Å²) in [4.78, 5) is 6.25. The average molecular weight is 474 g/mol. The van der Waals surface area contributed by atoms with Crippen LogP contribution in [0, 0.1) is 22.6 Å². The molecule has 3 aliphatic carbocycles. The fraction of sp³-hybridized carbons (Fsp3) is 0.500. The zero-order valence-electron chi connectivity index (χ0n) is 21.1. The van der Waals surface area contributed by atoms with Crippen molar-refractivity contribution in [1.82, 2.24) is 15.3 Å². The van der Waals surface area contributed by atoms with Crippen LogP contribution in [0.2, 0.25) is 0 Å². The highest BCUT2D eigenvalue weighted by molar-refractivity contribution is 5.44. The standard InChI is InChI=1S/C30H36FN3O/c1-29(2)21-16-17-30(3,18-21)28(29)33-35-19-26-25-11-7-10-24(20-8-5-4-6-9-20)27(25)34(32-26)23-14-12-22(31)13-15-23/h4-6,8-9,12-15,21,24,28,33H,7,10-11,16-19H2,1-3H3. The lowest BCUT2D eigenvalue weighted by atomic mass is 9.69. The maximum Gasteiger partial charge on any atom is 0.123 e. The summed E-state index contributed by atoms with van der Waals surface area (Å²) in [7, 11) is 0. The van der Waals surface area contributed by atoms with Crippen LogP contribution in [0.25, 0.3) is 5.69 Å². The van der Waals surface area contributed by atoms with Crippen LogP contribution in [0.3, 0.4) is 0 Å². The SMILES string of the molecule is CC12CCC(C1)C(C)(C)C2NOCc1nn(-c2ccc(F)cc2)c2c1CCCC2c1ccccc1. The number of hydrogen-bond donors (Lipinski definition) is 1. The van der Waals surface area contributed by atoms with Crippen molar-refractivity contribution in [1.29, 1.82) is 0 Å². The molecule has 4 unspecified atom stereocenters. The van der Waals surface area contributed by atoms with Gasteiger partial charge in [0.2, 0.25) is 0 Å². The van der Waals surface area contributed by atoms with Gasteiger partial charge >= 0.3 is 0 Å². The lowest BCUT2D eigenvalue weighted by Gasteiger charge is -2.42.